The van der Waals surface area contributed by atoms with Crippen molar-refractivity contribution in [1.29, 1.82) is 0 Å². The first-order chi connectivity index (χ1) is 11.4. The Labute approximate surface area is 151 Å². The van der Waals surface area contributed by atoms with Gasteiger partial charge in [-0.25, -0.2) is 11.4 Å². The summed E-state index contributed by atoms with van der Waals surface area (Å²) in [5.74, 6) is -0.988. The second-order valence-electron chi connectivity index (χ2n) is 5.57. The molecule has 2 atom stereocenters. The smallest absolute Gasteiger partial charge is 0.336 e. The summed E-state index contributed by atoms with van der Waals surface area (Å²) in [7, 11) is 1.33. The second kappa shape index (κ2) is 7.83. The summed E-state index contributed by atoms with van der Waals surface area (Å²) in [4.78, 5) is 20.7. The number of hydrogen-bond donors (Lipinski definition) is 0. The molecule has 0 aromatic heterocycles. The van der Waals surface area contributed by atoms with E-state index in [1.807, 2.05) is 13.8 Å². The molecule has 2 rings (SSSR count). The normalized spacial score (nSPS) is 20.4. The summed E-state index contributed by atoms with van der Waals surface area (Å²) in [6, 6.07) is 4.49. The fourth-order valence-corrected chi connectivity index (χ4v) is 3.47. The van der Waals surface area contributed by atoms with Gasteiger partial charge in [-0.2, -0.15) is 0 Å². The van der Waals surface area contributed by atoms with Gasteiger partial charge < -0.3 is 9.58 Å². The van der Waals surface area contributed by atoms with E-state index in [0.29, 0.717) is 39.0 Å². The van der Waals surface area contributed by atoms with Gasteiger partial charge in [0.1, 0.15) is 5.92 Å². The van der Waals surface area contributed by atoms with Crippen LogP contribution in [0.3, 0.4) is 0 Å². The Balaban J connectivity index is 2.72. The predicted molar refractivity (Wildman–Crippen MR) is 96.7 cm³/mol. The highest BCUT2D eigenvalue weighted by Gasteiger charge is 2.43. The Kier molecular flexibility index (Phi) is 6.04. The van der Waals surface area contributed by atoms with Crippen LogP contribution in [0, 0.1) is 6.57 Å². The van der Waals surface area contributed by atoms with E-state index in [1.54, 1.807) is 18.2 Å². The van der Waals surface area contributed by atoms with Crippen LogP contribution in [-0.2, 0) is 9.53 Å². The number of benzene rings is 1. The molecule has 0 N–H and O–H groups in total. The third-order valence-electron chi connectivity index (χ3n) is 4.01. The molecule has 4 nitrogen and oxygen atoms in total. The molecular weight excluding hydrogens is 347 g/mol. The van der Waals surface area contributed by atoms with E-state index in [-0.39, 0.29) is 0 Å². The molecule has 1 aromatic carbocycles. The minimum atomic E-state index is -0.599. The van der Waals surface area contributed by atoms with Gasteiger partial charge in [0.15, 0.2) is 0 Å². The first kappa shape index (κ1) is 18.5. The quantitative estimate of drug-likeness (QED) is 0.553. The SMILES string of the molecule is [C-]#[N+]C1C(C)=NC(CCC)=C(C(=O)OC)C1c1ccc(Cl)cc1Cl. The molecule has 0 saturated carbocycles. The molecule has 2 unspecified atom stereocenters. The van der Waals surface area contributed by atoms with Crippen molar-refractivity contribution in [3.63, 3.8) is 0 Å². The number of ether oxygens (including phenoxy) is 1. The molecule has 126 valence electrons. The van der Waals surface area contributed by atoms with Gasteiger partial charge in [-0.05, 0) is 31.0 Å². The molecule has 0 spiro atoms. The van der Waals surface area contributed by atoms with Gasteiger partial charge in [0, 0.05) is 10.0 Å². The molecular formula is C18H18Cl2N2O2. The Morgan fingerprint density at radius 3 is 2.67 bits per heavy atom. The van der Waals surface area contributed by atoms with Crippen LogP contribution in [0.2, 0.25) is 10.0 Å². The van der Waals surface area contributed by atoms with Crippen molar-refractivity contribution in [2.45, 2.75) is 38.6 Å². The number of esters is 1. The highest BCUT2D eigenvalue weighted by atomic mass is 35.5. The van der Waals surface area contributed by atoms with Crippen LogP contribution in [0.4, 0.5) is 0 Å². The number of halogens is 2. The van der Waals surface area contributed by atoms with E-state index >= 15 is 0 Å². The highest BCUT2D eigenvalue weighted by Crippen LogP contribution is 2.41. The van der Waals surface area contributed by atoms with Gasteiger partial charge in [-0.1, -0.05) is 42.6 Å². The molecule has 0 fully saturated rings. The zero-order valence-electron chi connectivity index (χ0n) is 13.8. The predicted octanol–water partition coefficient (Wildman–Crippen LogP) is 5.07. The molecule has 0 amide bonds. The third kappa shape index (κ3) is 3.48. The number of aliphatic imine (C=N–C) groups is 1. The minimum absolute atomic E-state index is 0.412. The highest BCUT2D eigenvalue weighted by molar-refractivity contribution is 6.35. The van der Waals surface area contributed by atoms with Crippen LogP contribution in [0.5, 0.6) is 0 Å². The molecule has 1 heterocycles. The fourth-order valence-electron chi connectivity index (χ4n) is 2.95. The van der Waals surface area contributed by atoms with Gasteiger partial charge in [0.05, 0.1) is 24.1 Å². The topological polar surface area (TPSA) is 43.0 Å². The van der Waals surface area contributed by atoms with Gasteiger partial charge in [-0.15, -0.1) is 0 Å². The molecule has 0 aliphatic carbocycles. The summed E-state index contributed by atoms with van der Waals surface area (Å²) < 4.78 is 4.97. The Bertz CT molecular complexity index is 763. The van der Waals surface area contributed by atoms with E-state index in [9.17, 15) is 4.79 Å². The molecule has 1 aliphatic rings. The standard InChI is InChI=1S/C18H18Cl2N2O2/c1-5-6-14-16(18(23)24-4)15(17(21-3)10(2)22-14)12-8-7-11(19)9-13(12)20/h7-9,15,17H,5-6H2,1-2,4H3. The molecule has 1 aromatic rings. The lowest BCUT2D eigenvalue weighted by molar-refractivity contribution is -0.136. The van der Waals surface area contributed by atoms with E-state index in [1.165, 1.54) is 7.11 Å². The van der Waals surface area contributed by atoms with Crippen LogP contribution < -0.4 is 0 Å². The first-order valence-corrected chi connectivity index (χ1v) is 8.38. The molecule has 1 aliphatic heterocycles. The molecule has 0 radical (unpaired) electrons. The maximum absolute atomic E-state index is 12.5. The van der Waals surface area contributed by atoms with E-state index in [0.717, 1.165) is 6.42 Å². The number of hydrogen-bond acceptors (Lipinski definition) is 3. The van der Waals surface area contributed by atoms with Crippen molar-refractivity contribution in [1.82, 2.24) is 0 Å². The van der Waals surface area contributed by atoms with Gasteiger partial charge in [0.25, 0.3) is 6.04 Å². The Hall–Kier alpha value is -1.83. The van der Waals surface area contributed by atoms with Gasteiger partial charge in [0.2, 0.25) is 0 Å². The van der Waals surface area contributed by atoms with Gasteiger partial charge in [-0.3, -0.25) is 4.99 Å². The van der Waals surface area contributed by atoms with Crippen molar-refractivity contribution >= 4 is 34.9 Å². The number of nitrogens with zero attached hydrogens (tertiary/aromatic N) is 2. The van der Waals surface area contributed by atoms with Crippen LogP contribution >= 0.6 is 23.2 Å². The molecule has 24 heavy (non-hydrogen) atoms. The van der Waals surface area contributed by atoms with E-state index in [4.69, 9.17) is 34.5 Å². The molecule has 6 heteroatoms. The third-order valence-corrected chi connectivity index (χ3v) is 4.57. The number of carbonyl (C=O) groups excluding carboxylic acids is 1. The maximum Gasteiger partial charge on any atom is 0.336 e. The largest absolute Gasteiger partial charge is 0.466 e. The average molecular weight is 365 g/mol. The molecule has 0 saturated heterocycles. The first-order valence-electron chi connectivity index (χ1n) is 7.62. The zero-order valence-corrected chi connectivity index (χ0v) is 15.3. The lowest BCUT2D eigenvalue weighted by Crippen LogP contribution is -2.32. The Morgan fingerprint density at radius 2 is 2.12 bits per heavy atom. The van der Waals surface area contributed by atoms with Crippen molar-refractivity contribution in [2.24, 2.45) is 4.99 Å². The van der Waals surface area contributed by atoms with E-state index in [2.05, 4.69) is 9.84 Å². The van der Waals surface area contributed by atoms with Crippen LogP contribution in [-0.4, -0.2) is 24.8 Å². The van der Waals surface area contributed by atoms with Crippen molar-refractivity contribution < 1.29 is 9.53 Å². The zero-order chi connectivity index (χ0) is 17.9. The van der Waals surface area contributed by atoms with Crippen molar-refractivity contribution in [3.8, 4) is 0 Å². The van der Waals surface area contributed by atoms with Gasteiger partial charge >= 0.3 is 5.97 Å². The number of rotatable bonds is 4. The minimum Gasteiger partial charge on any atom is -0.466 e. The second-order valence-corrected chi connectivity index (χ2v) is 6.42. The summed E-state index contributed by atoms with van der Waals surface area (Å²) in [6.07, 6.45) is 1.46. The van der Waals surface area contributed by atoms with Crippen LogP contribution in [0.1, 0.15) is 38.2 Å². The van der Waals surface area contributed by atoms with Crippen LogP contribution in [0.25, 0.3) is 4.85 Å². The Morgan fingerprint density at radius 1 is 1.42 bits per heavy atom. The average Bonchev–Trinajstić information content (AvgIpc) is 2.54. The summed E-state index contributed by atoms with van der Waals surface area (Å²) in [5.41, 5.74) is 2.44. The monoisotopic (exact) mass is 364 g/mol. The number of methoxy groups -OCH3 is 1. The lowest BCUT2D eigenvalue weighted by atomic mass is 9.79. The van der Waals surface area contributed by atoms with Crippen LogP contribution in [0.15, 0.2) is 34.5 Å². The summed E-state index contributed by atoms with van der Waals surface area (Å²) in [6.45, 7) is 11.4. The van der Waals surface area contributed by atoms with Crippen molar-refractivity contribution in [2.75, 3.05) is 7.11 Å². The fraction of sp³-hybridized carbons (Fsp3) is 0.389. The summed E-state index contributed by atoms with van der Waals surface area (Å²) in [5, 5.41) is 0.926. The van der Waals surface area contributed by atoms with E-state index < -0.39 is 17.9 Å². The maximum atomic E-state index is 12.5. The number of allylic oxidation sites excluding steroid dienone is 1. The number of carbonyl (C=O) groups is 1. The summed E-state index contributed by atoms with van der Waals surface area (Å²) >= 11 is 12.4. The lowest BCUT2D eigenvalue weighted by Gasteiger charge is -2.27. The molecule has 0 bridgehead atoms. The van der Waals surface area contributed by atoms with Crippen molar-refractivity contribution in [3.05, 3.63) is 56.5 Å².